The topological polar surface area (TPSA) is 37.4 Å². The summed E-state index contributed by atoms with van der Waals surface area (Å²) in [5.74, 6) is 0. The van der Waals surface area contributed by atoms with Gasteiger partial charge < -0.3 is 15.0 Å². The summed E-state index contributed by atoms with van der Waals surface area (Å²) >= 11 is 0. The van der Waals surface area contributed by atoms with Crippen molar-refractivity contribution in [3.05, 3.63) is 24.0 Å². The molecule has 0 aromatic carbocycles. The van der Waals surface area contributed by atoms with Crippen LogP contribution in [-0.2, 0) is 11.3 Å². The molecule has 18 heavy (non-hydrogen) atoms. The minimum atomic E-state index is 0.435. The van der Waals surface area contributed by atoms with Crippen LogP contribution in [0.5, 0.6) is 0 Å². The molecule has 0 fully saturated rings. The number of anilines is 1. The monoisotopic (exact) mass is 251 g/mol. The predicted octanol–water partition coefficient (Wildman–Crippen LogP) is 2.05. The number of rotatable bonds is 8. The number of hydrogen-bond acceptors (Lipinski definition) is 4. The summed E-state index contributed by atoms with van der Waals surface area (Å²) < 4.78 is 5.19. The number of nitrogens with one attached hydrogen (secondary N) is 1. The number of pyridine rings is 1. The minimum Gasteiger partial charge on any atom is -0.383 e. The third-order valence-corrected chi connectivity index (χ3v) is 2.92. The quantitative estimate of drug-likeness (QED) is 0.767. The maximum absolute atomic E-state index is 5.19. The first-order valence-electron chi connectivity index (χ1n) is 6.59. The second-order valence-electron chi connectivity index (χ2n) is 4.56. The fourth-order valence-corrected chi connectivity index (χ4v) is 1.93. The summed E-state index contributed by atoms with van der Waals surface area (Å²) in [7, 11) is 1.74. The van der Waals surface area contributed by atoms with Crippen molar-refractivity contribution in [2.75, 3.05) is 31.7 Å². The van der Waals surface area contributed by atoms with E-state index in [1.165, 1.54) is 11.3 Å². The lowest BCUT2D eigenvalue weighted by Crippen LogP contribution is -2.35. The van der Waals surface area contributed by atoms with Crippen molar-refractivity contribution in [3.8, 4) is 0 Å². The van der Waals surface area contributed by atoms with E-state index < -0.39 is 0 Å². The molecule has 102 valence electrons. The third-order valence-electron chi connectivity index (χ3n) is 2.92. The van der Waals surface area contributed by atoms with E-state index in [1.54, 1.807) is 7.11 Å². The lowest BCUT2D eigenvalue weighted by atomic mass is 10.1. The Morgan fingerprint density at radius 1 is 1.44 bits per heavy atom. The molecule has 0 spiro atoms. The largest absolute Gasteiger partial charge is 0.383 e. The molecule has 1 aromatic rings. The fraction of sp³-hybridized carbons (Fsp3) is 0.643. The molecule has 0 unspecified atom stereocenters. The number of methoxy groups -OCH3 is 1. The van der Waals surface area contributed by atoms with E-state index in [2.05, 4.69) is 42.0 Å². The number of aromatic nitrogens is 1. The van der Waals surface area contributed by atoms with Crippen molar-refractivity contribution in [1.29, 1.82) is 0 Å². The first-order chi connectivity index (χ1) is 8.70. The lowest BCUT2D eigenvalue weighted by molar-refractivity contribution is 0.203. The maximum Gasteiger partial charge on any atom is 0.0637 e. The smallest absolute Gasteiger partial charge is 0.0637 e. The molecule has 4 heteroatoms. The third kappa shape index (κ3) is 4.27. The molecule has 4 nitrogen and oxygen atoms in total. The second-order valence-corrected chi connectivity index (χ2v) is 4.56. The average Bonchev–Trinajstić information content (AvgIpc) is 2.37. The Balaban J connectivity index is 2.88. The van der Waals surface area contributed by atoms with Crippen LogP contribution in [0.25, 0.3) is 0 Å². The van der Waals surface area contributed by atoms with Crippen LogP contribution in [0.4, 0.5) is 5.69 Å². The van der Waals surface area contributed by atoms with Gasteiger partial charge in [-0.2, -0.15) is 0 Å². The average molecular weight is 251 g/mol. The van der Waals surface area contributed by atoms with E-state index in [4.69, 9.17) is 4.74 Å². The summed E-state index contributed by atoms with van der Waals surface area (Å²) in [5.41, 5.74) is 2.49. The van der Waals surface area contributed by atoms with Crippen molar-refractivity contribution in [2.45, 2.75) is 33.4 Å². The van der Waals surface area contributed by atoms with Crippen LogP contribution < -0.4 is 10.2 Å². The van der Waals surface area contributed by atoms with E-state index in [1.807, 2.05) is 12.4 Å². The Bertz CT molecular complexity index is 342. The molecule has 0 radical (unpaired) electrons. The van der Waals surface area contributed by atoms with Gasteiger partial charge in [0.05, 0.1) is 18.5 Å². The number of nitrogens with zero attached hydrogens (tertiary/aromatic N) is 2. The molecule has 1 heterocycles. The summed E-state index contributed by atoms with van der Waals surface area (Å²) in [5, 5.41) is 3.37. The molecule has 1 aromatic heterocycles. The van der Waals surface area contributed by atoms with Crippen molar-refractivity contribution in [1.82, 2.24) is 10.3 Å². The highest BCUT2D eigenvalue weighted by Crippen LogP contribution is 2.21. The van der Waals surface area contributed by atoms with Crippen LogP contribution in [0.15, 0.2) is 18.5 Å². The summed E-state index contributed by atoms with van der Waals surface area (Å²) in [6, 6.07) is 2.52. The maximum atomic E-state index is 5.19. The number of hydrogen-bond donors (Lipinski definition) is 1. The molecule has 0 aliphatic heterocycles. The highest BCUT2D eigenvalue weighted by molar-refractivity contribution is 5.52. The first kappa shape index (κ1) is 14.9. The lowest BCUT2D eigenvalue weighted by Gasteiger charge is -2.30. The zero-order valence-electron chi connectivity index (χ0n) is 11.9. The number of ether oxygens (including phenoxy) is 1. The van der Waals surface area contributed by atoms with Gasteiger partial charge in [-0.1, -0.05) is 6.92 Å². The Morgan fingerprint density at radius 3 is 2.83 bits per heavy atom. The van der Waals surface area contributed by atoms with Crippen LogP contribution in [0, 0.1) is 0 Å². The molecule has 0 aliphatic rings. The van der Waals surface area contributed by atoms with E-state index in [0.29, 0.717) is 6.04 Å². The summed E-state index contributed by atoms with van der Waals surface area (Å²) in [4.78, 5) is 6.59. The van der Waals surface area contributed by atoms with Gasteiger partial charge in [0.2, 0.25) is 0 Å². The Morgan fingerprint density at radius 2 is 2.22 bits per heavy atom. The van der Waals surface area contributed by atoms with Crippen molar-refractivity contribution < 1.29 is 4.74 Å². The minimum absolute atomic E-state index is 0.435. The van der Waals surface area contributed by atoms with Gasteiger partial charge in [-0.3, -0.25) is 4.98 Å². The molecule has 0 atom stereocenters. The van der Waals surface area contributed by atoms with Gasteiger partial charge in [0.25, 0.3) is 0 Å². The molecule has 0 amide bonds. The summed E-state index contributed by atoms with van der Waals surface area (Å²) in [6.45, 7) is 9.98. The van der Waals surface area contributed by atoms with Crippen molar-refractivity contribution >= 4 is 5.69 Å². The molecule has 0 saturated carbocycles. The molecule has 0 saturated heterocycles. The van der Waals surface area contributed by atoms with Gasteiger partial charge in [0, 0.05) is 32.4 Å². The molecular formula is C14H25N3O. The van der Waals surface area contributed by atoms with E-state index in [-0.39, 0.29) is 0 Å². The Kier molecular flexibility index (Phi) is 6.68. The van der Waals surface area contributed by atoms with Gasteiger partial charge in [-0.25, -0.2) is 0 Å². The SMILES string of the molecule is CCNCc1ccncc1N(CCOC)C(C)C. The highest BCUT2D eigenvalue weighted by Gasteiger charge is 2.14. The molecular weight excluding hydrogens is 226 g/mol. The standard InChI is InChI=1S/C14H25N3O/c1-5-15-10-13-6-7-16-11-14(13)17(12(2)3)8-9-18-4/h6-7,11-12,15H,5,8-10H2,1-4H3. The normalized spacial score (nSPS) is 10.9. The summed E-state index contributed by atoms with van der Waals surface area (Å²) in [6.07, 6.45) is 3.80. The Labute approximate surface area is 110 Å². The van der Waals surface area contributed by atoms with Gasteiger partial charge in [-0.05, 0) is 32.0 Å². The first-order valence-corrected chi connectivity index (χ1v) is 6.59. The molecule has 1 rings (SSSR count). The van der Waals surface area contributed by atoms with Crippen molar-refractivity contribution in [2.24, 2.45) is 0 Å². The van der Waals surface area contributed by atoms with E-state index in [9.17, 15) is 0 Å². The molecule has 1 N–H and O–H groups in total. The van der Waals surface area contributed by atoms with Gasteiger partial charge in [-0.15, -0.1) is 0 Å². The van der Waals surface area contributed by atoms with Gasteiger partial charge in [0.15, 0.2) is 0 Å². The van der Waals surface area contributed by atoms with Crippen LogP contribution >= 0.6 is 0 Å². The zero-order chi connectivity index (χ0) is 13.4. The van der Waals surface area contributed by atoms with E-state index in [0.717, 1.165) is 26.2 Å². The van der Waals surface area contributed by atoms with Crippen LogP contribution in [0.1, 0.15) is 26.3 Å². The predicted molar refractivity (Wildman–Crippen MR) is 76.0 cm³/mol. The van der Waals surface area contributed by atoms with E-state index >= 15 is 0 Å². The van der Waals surface area contributed by atoms with Crippen molar-refractivity contribution in [3.63, 3.8) is 0 Å². The van der Waals surface area contributed by atoms with Crippen LogP contribution in [0.2, 0.25) is 0 Å². The molecule has 0 aliphatic carbocycles. The zero-order valence-corrected chi connectivity index (χ0v) is 11.9. The van der Waals surface area contributed by atoms with Crippen LogP contribution in [-0.4, -0.2) is 37.8 Å². The van der Waals surface area contributed by atoms with Crippen LogP contribution in [0.3, 0.4) is 0 Å². The Hall–Kier alpha value is -1.13. The second kappa shape index (κ2) is 8.06. The van der Waals surface area contributed by atoms with Gasteiger partial charge >= 0.3 is 0 Å². The highest BCUT2D eigenvalue weighted by atomic mass is 16.5. The molecule has 0 bridgehead atoms. The van der Waals surface area contributed by atoms with Gasteiger partial charge in [0.1, 0.15) is 0 Å². The fourth-order valence-electron chi connectivity index (χ4n) is 1.93.